The van der Waals surface area contributed by atoms with Crippen molar-refractivity contribution in [1.82, 2.24) is 4.98 Å². The third-order valence-electron chi connectivity index (χ3n) is 2.90. The molecule has 0 unspecified atom stereocenters. The van der Waals surface area contributed by atoms with E-state index >= 15 is 0 Å². The predicted molar refractivity (Wildman–Crippen MR) is 83.7 cm³/mol. The lowest BCUT2D eigenvalue weighted by atomic mass is 10.3. The molecule has 0 radical (unpaired) electrons. The molecule has 0 bridgehead atoms. The number of thiazole rings is 1. The molecule has 2 rings (SSSR count). The molecule has 21 heavy (non-hydrogen) atoms. The lowest BCUT2D eigenvalue weighted by Crippen LogP contribution is -2.27. The van der Waals surface area contributed by atoms with Gasteiger partial charge in [-0.25, -0.2) is 13.4 Å². The number of benzene rings is 1. The van der Waals surface area contributed by atoms with Crippen LogP contribution in [0.4, 0.5) is 5.13 Å². The molecule has 6 nitrogen and oxygen atoms in total. The first-order valence-corrected chi connectivity index (χ1v) is 8.81. The number of carbonyl (C=O) groups excluding carboxylic acids is 1. The topological polar surface area (TPSA) is 85.4 Å². The van der Waals surface area contributed by atoms with Gasteiger partial charge in [-0.05, 0) is 26.0 Å². The SMILES string of the molecule is COc1cccc2sc(NC(=O)CS(=O)(=O)C(C)C)nc12. The molecule has 1 amide bonds. The number of ether oxygens (including phenoxy) is 1. The van der Waals surface area contributed by atoms with Crippen LogP contribution in [0.3, 0.4) is 0 Å². The number of methoxy groups -OCH3 is 1. The van der Waals surface area contributed by atoms with Crippen molar-refractivity contribution in [1.29, 1.82) is 0 Å². The number of para-hydroxylation sites is 1. The second-order valence-corrected chi connectivity index (χ2v) is 8.32. The highest BCUT2D eigenvalue weighted by Crippen LogP contribution is 2.31. The molecule has 0 saturated carbocycles. The monoisotopic (exact) mass is 328 g/mol. The molecule has 1 heterocycles. The minimum Gasteiger partial charge on any atom is -0.494 e. The highest BCUT2D eigenvalue weighted by Gasteiger charge is 2.21. The molecule has 0 aliphatic heterocycles. The molecular weight excluding hydrogens is 312 g/mol. The normalized spacial score (nSPS) is 11.8. The number of nitrogens with zero attached hydrogens (tertiary/aromatic N) is 1. The maximum absolute atomic E-state index is 11.8. The highest BCUT2D eigenvalue weighted by atomic mass is 32.2. The molecular formula is C13H16N2O4S2. The zero-order valence-corrected chi connectivity index (χ0v) is 13.5. The van der Waals surface area contributed by atoms with Gasteiger partial charge < -0.3 is 10.1 Å². The maximum atomic E-state index is 11.8. The van der Waals surface area contributed by atoms with E-state index in [4.69, 9.17) is 4.74 Å². The summed E-state index contributed by atoms with van der Waals surface area (Å²) in [6.45, 7) is 3.09. The Morgan fingerprint density at radius 1 is 1.43 bits per heavy atom. The predicted octanol–water partition coefficient (Wildman–Crippen LogP) is 2.07. The number of anilines is 1. The van der Waals surface area contributed by atoms with Crippen molar-refractivity contribution in [3.05, 3.63) is 18.2 Å². The van der Waals surface area contributed by atoms with E-state index in [1.54, 1.807) is 27.0 Å². The molecule has 1 aromatic carbocycles. The van der Waals surface area contributed by atoms with Crippen LogP contribution in [0, 0.1) is 0 Å². The van der Waals surface area contributed by atoms with Crippen LogP contribution in [0.1, 0.15) is 13.8 Å². The van der Waals surface area contributed by atoms with Crippen LogP contribution in [-0.2, 0) is 14.6 Å². The van der Waals surface area contributed by atoms with Gasteiger partial charge in [-0.3, -0.25) is 4.79 Å². The van der Waals surface area contributed by atoms with Crippen molar-refractivity contribution in [3.63, 3.8) is 0 Å². The summed E-state index contributed by atoms with van der Waals surface area (Å²) in [6, 6.07) is 5.46. The van der Waals surface area contributed by atoms with E-state index in [9.17, 15) is 13.2 Å². The minimum atomic E-state index is -3.42. The van der Waals surface area contributed by atoms with Crippen molar-refractivity contribution in [2.45, 2.75) is 19.1 Å². The van der Waals surface area contributed by atoms with Gasteiger partial charge in [0.25, 0.3) is 0 Å². The van der Waals surface area contributed by atoms with Crippen LogP contribution in [0.15, 0.2) is 18.2 Å². The fraction of sp³-hybridized carbons (Fsp3) is 0.385. The van der Waals surface area contributed by atoms with E-state index in [1.165, 1.54) is 11.3 Å². The number of nitrogens with one attached hydrogen (secondary N) is 1. The van der Waals surface area contributed by atoms with Gasteiger partial charge in [-0.15, -0.1) is 0 Å². The van der Waals surface area contributed by atoms with E-state index < -0.39 is 26.7 Å². The highest BCUT2D eigenvalue weighted by molar-refractivity contribution is 7.92. The first-order chi connectivity index (χ1) is 9.83. The van der Waals surface area contributed by atoms with Crippen LogP contribution in [-0.4, -0.2) is 37.4 Å². The van der Waals surface area contributed by atoms with Crippen LogP contribution in [0.5, 0.6) is 5.75 Å². The second-order valence-electron chi connectivity index (χ2n) is 4.73. The molecule has 114 valence electrons. The Bertz CT molecular complexity index is 766. The number of amides is 1. The summed E-state index contributed by atoms with van der Waals surface area (Å²) < 4.78 is 29.5. The van der Waals surface area contributed by atoms with Gasteiger partial charge in [0.15, 0.2) is 15.0 Å². The van der Waals surface area contributed by atoms with Gasteiger partial charge in [0.05, 0.1) is 17.1 Å². The number of rotatable bonds is 5. The summed E-state index contributed by atoms with van der Waals surface area (Å²) in [5, 5.41) is 2.30. The number of hydrogen-bond donors (Lipinski definition) is 1. The van der Waals surface area contributed by atoms with Crippen LogP contribution in [0.2, 0.25) is 0 Å². The fourth-order valence-electron chi connectivity index (χ4n) is 1.65. The summed E-state index contributed by atoms with van der Waals surface area (Å²) in [5.74, 6) is -0.515. The molecule has 2 aromatic rings. The molecule has 1 N–H and O–H groups in total. The van der Waals surface area contributed by atoms with Crippen molar-refractivity contribution < 1.29 is 17.9 Å². The number of sulfone groups is 1. The molecule has 1 aromatic heterocycles. The number of aromatic nitrogens is 1. The van der Waals surface area contributed by atoms with Gasteiger partial charge >= 0.3 is 0 Å². The molecule has 0 aliphatic rings. The first kappa shape index (κ1) is 15.7. The van der Waals surface area contributed by atoms with E-state index in [0.29, 0.717) is 16.4 Å². The summed E-state index contributed by atoms with van der Waals surface area (Å²) in [6.07, 6.45) is 0. The van der Waals surface area contributed by atoms with Gasteiger partial charge in [0, 0.05) is 0 Å². The quantitative estimate of drug-likeness (QED) is 0.908. The number of carbonyl (C=O) groups is 1. The Balaban J connectivity index is 2.19. The van der Waals surface area contributed by atoms with E-state index in [1.807, 2.05) is 12.1 Å². The average molecular weight is 328 g/mol. The Hall–Kier alpha value is -1.67. The van der Waals surface area contributed by atoms with Crippen LogP contribution < -0.4 is 10.1 Å². The zero-order chi connectivity index (χ0) is 15.6. The van der Waals surface area contributed by atoms with E-state index in [-0.39, 0.29) is 0 Å². The third-order valence-corrected chi connectivity index (χ3v) is 5.94. The Morgan fingerprint density at radius 3 is 2.76 bits per heavy atom. The Kier molecular flexibility index (Phi) is 4.48. The molecule has 0 atom stereocenters. The van der Waals surface area contributed by atoms with Gasteiger partial charge in [0.1, 0.15) is 17.0 Å². The molecule has 0 aliphatic carbocycles. The first-order valence-electron chi connectivity index (χ1n) is 6.28. The van der Waals surface area contributed by atoms with Crippen molar-refractivity contribution in [2.75, 3.05) is 18.2 Å². The van der Waals surface area contributed by atoms with Crippen molar-refractivity contribution >= 4 is 42.4 Å². The van der Waals surface area contributed by atoms with Crippen LogP contribution in [0.25, 0.3) is 10.2 Å². The number of fused-ring (bicyclic) bond motifs is 1. The number of hydrogen-bond acceptors (Lipinski definition) is 6. The zero-order valence-electron chi connectivity index (χ0n) is 11.9. The van der Waals surface area contributed by atoms with Gasteiger partial charge in [-0.2, -0.15) is 0 Å². The van der Waals surface area contributed by atoms with Crippen molar-refractivity contribution in [2.24, 2.45) is 0 Å². The molecule has 0 fully saturated rings. The lowest BCUT2D eigenvalue weighted by molar-refractivity contribution is -0.113. The third kappa shape index (κ3) is 3.51. The van der Waals surface area contributed by atoms with E-state index in [2.05, 4.69) is 10.3 Å². The Morgan fingerprint density at radius 2 is 2.14 bits per heavy atom. The fourth-order valence-corrected chi connectivity index (χ4v) is 3.32. The standard InChI is InChI=1S/C13H16N2O4S2/c1-8(2)21(17,18)7-11(16)14-13-15-12-9(19-3)5-4-6-10(12)20-13/h4-6,8H,7H2,1-3H3,(H,14,15,16). The molecule has 0 saturated heterocycles. The smallest absolute Gasteiger partial charge is 0.241 e. The molecule has 8 heteroatoms. The second kappa shape index (κ2) is 5.98. The summed E-state index contributed by atoms with van der Waals surface area (Å²) in [4.78, 5) is 16.1. The van der Waals surface area contributed by atoms with E-state index in [0.717, 1.165) is 4.70 Å². The summed E-state index contributed by atoms with van der Waals surface area (Å²) in [7, 11) is -1.88. The average Bonchev–Trinajstić information content (AvgIpc) is 2.79. The Labute approximate surface area is 127 Å². The molecule has 0 spiro atoms. The lowest BCUT2D eigenvalue weighted by Gasteiger charge is -2.06. The van der Waals surface area contributed by atoms with Crippen LogP contribution >= 0.6 is 11.3 Å². The van der Waals surface area contributed by atoms with Gasteiger partial charge in [-0.1, -0.05) is 17.4 Å². The maximum Gasteiger partial charge on any atom is 0.241 e. The largest absolute Gasteiger partial charge is 0.494 e. The summed E-state index contributed by atoms with van der Waals surface area (Å²) in [5.41, 5.74) is 0.645. The van der Waals surface area contributed by atoms with Crippen molar-refractivity contribution in [3.8, 4) is 5.75 Å². The minimum absolute atomic E-state index is 0.360. The summed E-state index contributed by atoms with van der Waals surface area (Å²) >= 11 is 1.27. The van der Waals surface area contributed by atoms with Gasteiger partial charge in [0.2, 0.25) is 5.91 Å².